The Morgan fingerprint density at radius 2 is 1.59 bits per heavy atom. The number of rotatable bonds is 1. The largest absolute Gasteiger partial charge is 0.328 e. The van der Waals surface area contributed by atoms with Crippen molar-refractivity contribution in [2.75, 3.05) is 19.6 Å². The van der Waals surface area contributed by atoms with E-state index in [9.17, 15) is 0 Å². The zero-order chi connectivity index (χ0) is 11.4. The summed E-state index contributed by atoms with van der Waals surface area (Å²) in [6.45, 7) is 4.10. The molecule has 0 aromatic carbocycles. The Labute approximate surface area is 104 Å². The van der Waals surface area contributed by atoms with Crippen LogP contribution in [0.4, 0.5) is 0 Å². The molecule has 5 unspecified atom stereocenters. The van der Waals surface area contributed by atoms with Crippen molar-refractivity contribution < 1.29 is 0 Å². The minimum absolute atomic E-state index is 0.493. The van der Waals surface area contributed by atoms with Crippen LogP contribution in [-0.2, 0) is 0 Å². The molecule has 0 aliphatic carbocycles. The zero-order valence-electron chi connectivity index (χ0n) is 10.7. The Balaban J connectivity index is 1.55. The summed E-state index contributed by atoms with van der Waals surface area (Å²) in [5.74, 6) is 0.973. The lowest BCUT2D eigenvalue weighted by Gasteiger charge is -2.46. The second-order valence-corrected chi connectivity index (χ2v) is 6.77. The van der Waals surface area contributed by atoms with Crippen LogP contribution in [0, 0.1) is 5.92 Å². The zero-order valence-corrected chi connectivity index (χ0v) is 10.7. The van der Waals surface area contributed by atoms with E-state index in [-0.39, 0.29) is 0 Å². The Morgan fingerprint density at radius 1 is 0.882 bits per heavy atom. The van der Waals surface area contributed by atoms with Crippen LogP contribution in [0.3, 0.4) is 0 Å². The number of piperidine rings is 2. The summed E-state index contributed by atoms with van der Waals surface area (Å²) in [6.07, 6.45) is 8.25. The standard InChI is InChI=1S/C14H25N3/c15-11-7-12-1-2-13(8-11)17(12)14-4-6-16-5-3-10(14)9-16/h10-14H,1-9,15H2. The first kappa shape index (κ1) is 10.8. The van der Waals surface area contributed by atoms with Crippen molar-refractivity contribution in [3.63, 3.8) is 0 Å². The van der Waals surface area contributed by atoms with Crippen molar-refractivity contribution in [3.8, 4) is 0 Å². The molecule has 0 aromatic heterocycles. The van der Waals surface area contributed by atoms with Crippen LogP contribution >= 0.6 is 0 Å². The van der Waals surface area contributed by atoms with E-state index in [4.69, 9.17) is 5.73 Å². The van der Waals surface area contributed by atoms with Gasteiger partial charge in [0.25, 0.3) is 0 Å². The highest BCUT2D eigenvalue weighted by atomic mass is 15.3. The molecule has 96 valence electrons. The molecule has 3 heteroatoms. The molecule has 4 rings (SSSR count). The van der Waals surface area contributed by atoms with E-state index in [0.717, 1.165) is 24.0 Å². The molecule has 4 aliphatic rings. The molecule has 4 fully saturated rings. The molecule has 4 aliphatic heterocycles. The summed E-state index contributed by atoms with van der Waals surface area (Å²) in [5, 5.41) is 0. The predicted octanol–water partition coefficient (Wildman–Crippen LogP) is 1.03. The number of hydrogen-bond donors (Lipinski definition) is 1. The van der Waals surface area contributed by atoms with Gasteiger partial charge >= 0.3 is 0 Å². The summed E-state index contributed by atoms with van der Waals surface area (Å²) in [6, 6.07) is 3.06. The lowest BCUT2D eigenvalue weighted by molar-refractivity contribution is 0.0269. The van der Waals surface area contributed by atoms with Gasteiger partial charge in [0.15, 0.2) is 0 Å². The molecule has 0 saturated carbocycles. The maximum atomic E-state index is 6.19. The molecular weight excluding hydrogens is 210 g/mol. The van der Waals surface area contributed by atoms with Crippen molar-refractivity contribution in [1.29, 1.82) is 0 Å². The summed E-state index contributed by atoms with van der Waals surface area (Å²) >= 11 is 0. The van der Waals surface area contributed by atoms with E-state index in [1.54, 1.807) is 0 Å². The molecule has 0 amide bonds. The van der Waals surface area contributed by atoms with Crippen LogP contribution in [-0.4, -0.2) is 53.6 Å². The Bertz CT molecular complexity index is 292. The van der Waals surface area contributed by atoms with Crippen LogP contribution in [0.15, 0.2) is 0 Å². The number of hydrogen-bond acceptors (Lipinski definition) is 3. The fourth-order valence-electron chi connectivity index (χ4n) is 5.12. The van der Waals surface area contributed by atoms with Crippen LogP contribution in [0.1, 0.15) is 38.5 Å². The van der Waals surface area contributed by atoms with Crippen LogP contribution < -0.4 is 5.73 Å². The highest BCUT2D eigenvalue weighted by Crippen LogP contribution is 2.42. The van der Waals surface area contributed by atoms with Gasteiger partial charge in [0.1, 0.15) is 0 Å². The molecule has 0 spiro atoms. The van der Waals surface area contributed by atoms with Crippen molar-refractivity contribution in [1.82, 2.24) is 9.80 Å². The summed E-state index contributed by atoms with van der Waals surface area (Å²) in [5.41, 5.74) is 6.19. The van der Waals surface area contributed by atoms with E-state index < -0.39 is 0 Å². The van der Waals surface area contributed by atoms with Gasteiger partial charge in [-0.15, -0.1) is 0 Å². The maximum absolute atomic E-state index is 6.19. The van der Waals surface area contributed by atoms with Gasteiger partial charge in [-0.05, 0) is 57.5 Å². The number of fused-ring (bicyclic) bond motifs is 4. The summed E-state index contributed by atoms with van der Waals surface area (Å²) in [7, 11) is 0. The van der Waals surface area contributed by atoms with E-state index in [1.165, 1.54) is 58.2 Å². The van der Waals surface area contributed by atoms with E-state index in [2.05, 4.69) is 9.80 Å². The second kappa shape index (κ2) is 3.94. The molecule has 3 nitrogen and oxygen atoms in total. The molecule has 4 bridgehead atoms. The highest BCUT2D eigenvalue weighted by molar-refractivity contribution is 5.03. The first-order chi connectivity index (χ1) is 8.31. The van der Waals surface area contributed by atoms with Crippen LogP contribution in [0.5, 0.6) is 0 Å². The third kappa shape index (κ3) is 1.66. The summed E-state index contributed by atoms with van der Waals surface area (Å²) in [4.78, 5) is 5.59. The topological polar surface area (TPSA) is 32.5 Å². The average molecular weight is 235 g/mol. The van der Waals surface area contributed by atoms with Gasteiger partial charge in [-0.25, -0.2) is 0 Å². The molecular formula is C14H25N3. The monoisotopic (exact) mass is 235 g/mol. The molecule has 17 heavy (non-hydrogen) atoms. The van der Waals surface area contributed by atoms with Gasteiger partial charge in [-0.2, -0.15) is 0 Å². The lowest BCUT2D eigenvalue weighted by atomic mass is 9.87. The van der Waals surface area contributed by atoms with Gasteiger partial charge in [0.05, 0.1) is 0 Å². The first-order valence-corrected chi connectivity index (χ1v) is 7.56. The van der Waals surface area contributed by atoms with Gasteiger partial charge in [0.2, 0.25) is 0 Å². The Hall–Kier alpha value is -0.120. The molecule has 2 N–H and O–H groups in total. The molecule has 4 heterocycles. The Morgan fingerprint density at radius 3 is 2.35 bits per heavy atom. The van der Waals surface area contributed by atoms with Crippen LogP contribution in [0.2, 0.25) is 0 Å². The molecule has 0 radical (unpaired) electrons. The smallest absolute Gasteiger partial charge is 0.0154 e. The fourth-order valence-corrected chi connectivity index (χ4v) is 5.12. The van der Waals surface area contributed by atoms with E-state index >= 15 is 0 Å². The minimum Gasteiger partial charge on any atom is -0.328 e. The molecule has 5 atom stereocenters. The molecule has 0 aromatic rings. The quantitative estimate of drug-likeness (QED) is 0.737. The first-order valence-electron chi connectivity index (χ1n) is 7.56. The predicted molar refractivity (Wildman–Crippen MR) is 68.8 cm³/mol. The van der Waals surface area contributed by atoms with E-state index in [0.29, 0.717) is 6.04 Å². The average Bonchev–Trinajstić information content (AvgIpc) is 2.81. The van der Waals surface area contributed by atoms with Crippen LogP contribution in [0.25, 0.3) is 0 Å². The highest BCUT2D eigenvalue weighted by Gasteiger charge is 2.47. The lowest BCUT2D eigenvalue weighted by Crippen LogP contribution is -2.56. The Kier molecular flexibility index (Phi) is 2.50. The summed E-state index contributed by atoms with van der Waals surface area (Å²) < 4.78 is 0. The minimum atomic E-state index is 0.493. The van der Waals surface area contributed by atoms with Crippen molar-refractivity contribution in [2.45, 2.75) is 62.7 Å². The van der Waals surface area contributed by atoms with Crippen molar-refractivity contribution >= 4 is 0 Å². The SMILES string of the molecule is NC1CC2CCC(C1)N2C1CCN2CCC1C2. The fraction of sp³-hybridized carbons (Fsp3) is 1.00. The van der Waals surface area contributed by atoms with Gasteiger partial charge in [-0.1, -0.05) is 0 Å². The number of nitrogens with zero attached hydrogens (tertiary/aromatic N) is 2. The normalized spacial score (nSPS) is 54.2. The third-order valence-electron chi connectivity index (χ3n) is 5.80. The van der Waals surface area contributed by atoms with Gasteiger partial charge in [0, 0.05) is 30.7 Å². The van der Waals surface area contributed by atoms with Crippen molar-refractivity contribution in [2.24, 2.45) is 11.7 Å². The number of nitrogens with two attached hydrogens (primary N) is 1. The van der Waals surface area contributed by atoms with Gasteiger partial charge in [-0.3, -0.25) is 4.90 Å². The molecule has 4 saturated heterocycles. The second-order valence-electron chi connectivity index (χ2n) is 6.77. The van der Waals surface area contributed by atoms with Crippen molar-refractivity contribution in [3.05, 3.63) is 0 Å². The van der Waals surface area contributed by atoms with E-state index in [1.807, 2.05) is 0 Å². The maximum Gasteiger partial charge on any atom is 0.0154 e. The van der Waals surface area contributed by atoms with Gasteiger partial charge < -0.3 is 10.6 Å². The third-order valence-corrected chi connectivity index (χ3v) is 5.80.